The lowest BCUT2D eigenvalue weighted by molar-refractivity contribution is 0.129. The van der Waals surface area contributed by atoms with Crippen LogP contribution in [0.2, 0.25) is 0 Å². The van der Waals surface area contributed by atoms with Crippen LogP contribution in [0.15, 0.2) is 24.3 Å². The number of carbonyl (C=O) groups excluding carboxylic acids is 1. The van der Waals surface area contributed by atoms with Crippen LogP contribution in [-0.4, -0.2) is 34.8 Å². The number of thioether (sulfide) groups is 1. The zero-order valence-corrected chi connectivity index (χ0v) is 16.9. The van der Waals surface area contributed by atoms with Crippen molar-refractivity contribution in [3.05, 3.63) is 29.8 Å². The van der Waals surface area contributed by atoms with Crippen LogP contribution in [0.3, 0.4) is 0 Å². The summed E-state index contributed by atoms with van der Waals surface area (Å²) >= 11 is 1.79. The van der Waals surface area contributed by atoms with Crippen molar-refractivity contribution in [2.75, 3.05) is 13.0 Å². The highest BCUT2D eigenvalue weighted by molar-refractivity contribution is 8.00. The number of amides is 1. The Bertz CT molecular complexity index is 553. The molecule has 0 bridgehead atoms. The summed E-state index contributed by atoms with van der Waals surface area (Å²) in [5, 5.41) is 0. The van der Waals surface area contributed by atoms with Crippen molar-refractivity contribution in [2.45, 2.75) is 70.3 Å². The summed E-state index contributed by atoms with van der Waals surface area (Å²) in [6, 6.07) is 7.97. The predicted octanol–water partition coefficient (Wildman–Crippen LogP) is 5.63. The van der Waals surface area contributed by atoms with Gasteiger partial charge in [0.05, 0.1) is 19.0 Å². The van der Waals surface area contributed by atoms with E-state index in [1.807, 2.05) is 29.2 Å². The molecule has 0 radical (unpaired) electrons. The maximum atomic E-state index is 12.5. The van der Waals surface area contributed by atoms with E-state index in [1.54, 1.807) is 18.9 Å². The first-order valence-corrected chi connectivity index (χ1v) is 10.1. The van der Waals surface area contributed by atoms with Gasteiger partial charge in [0.25, 0.3) is 0 Å². The van der Waals surface area contributed by atoms with Crippen LogP contribution >= 0.6 is 11.8 Å². The number of methoxy groups -OCH3 is 1. The fourth-order valence-corrected chi connectivity index (χ4v) is 3.78. The van der Waals surface area contributed by atoms with E-state index in [9.17, 15) is 4.79 Å². The van der Waals surface area contributed by atoms with E-state index in [2.05, 4.69) is 27.7 Å². The molecule has 0 aliphatic carbocycles. The molecule has 0 N–H and O–H groups in total. The van der Waals surface area contributed by atoms with Crippen LogP contribution in [-0.2, 0) is 4.74 Å². The highest BCUT2D eigenvalue weighted by Crippen LogP contribution is 2.38. The van der Waals surface area contributed by atoms with Crippen LogP contribution in [0.5, 0.6) is 5.75 Å². The van der Waals surface area contributed by atoms with Gasteiger partial charge in [0.15, 0.2) is 0 Å². The van der Waals surface area contributed by atoms with Crippen LogP contribution in [0.4, 0.5) is 4.79 Å². The second kappa shape index (κ2) is 8.84. The molecule has 5 heteroatoms. The first-order valence-electron chi connectivity index (χ1n) is 9.11. The van der Waals surface area contributed by atoms with Crippen LogP contribution in [0, 0.1) is 0 Å². The first kappa shape index (κ1) is 20.0. The van der Waals surface area contributed by atoms with Crippen LogP contribution in [0.25, 0.3) is 0 Å². The third kappa shape index (κ3) is 5.56. The molecule has 2 atom stereocenters. The Labute approximate surface area is 156 Å². The zero-order chi connectivity index (χ0) is 18.4. The van der Waals surface area contributed by atoms with Crippen molar-refractivity contribution < 1.29 is 14.3 Å². The molecule has 1 aromatic rings. The molecular weight excluding hydrogens is 334 g/mol. The average Bonchev–Trinajstić information content (AvgIpc) is 2.88. The Morgan fingerprint density at radius 1 is 1.20 bits per heavy atom. The molecule has 0 saturated carbocycles. The average molecular weight is 366 g/mol. The molecule has 1 aliphatic heterocycles. The molecule has 1 fully saturated rings. The number of cyclic esters (lactones) is 1. The quantitative estimate of drug-likeness (QED) is 0.560. The van der Waals surface area contributed by atoms with Gasteiger partial charge < -0.3 is 9.47 Å². The lowest BCUT2D eigenvalue weighted by Crippen LogP contribution is -2.35. The van der Waals surface area contributed by atoms with Gasteiger partial charge in [0.1, 0.15) is 11.9 Å². The summed E-state index contributed by atoms with van der Waals surface area (Å²) < 4.78 is 11.1. The van der Waals surface area contributed by atoms with E-state index in [0.29, 0.717) is 5.88 Å². The number of carbonyl (C=O) groups is 1. The lowest BCUT2D eigenvalue weighted by atomic mass is 9.97. The molecule has 0 unspecified atom stereocenters. The standard InChI is InChI=1S/C20H31NO3S/c1-6-7-8-9-17-18(15-10-12-16(23-5)13-11-15)24-19(22)21(17)14-25-20(2,3)4/h10-13,17-18H,6-9,14H2,1-5H3/t17-,18+/m0/s1. The van der Waals surface area contributed by atoms with E-state index in [4.69, 9.17) is 9.47 Å². The Kier molecular flexibility index (Phi) is 7.05. The van der Waals surface area contributed by atoms with Gasteiger partial charge in [-0.2, -0.15) is 0 Å². The van der Waals surface area contributed by atoms with E-state index in [0.717, 1.165) is 24.2 Å². The third-order valence-electron chi connectivity index (χ3n) is 4.40. The number of hydrogen-bond donors (Lipinski definition) is 0. The predicted molar refractivity (Wildman–Crippen MR) is 104 cm³/mol. The van der Waals surface area contributed by atoms with Gasteiger partial charge in [-0.15, -0.1) is 11.8 Å². The first-order chi connectivity index (χ1) is 11.9. The van der Waals surface area contributed by atoms with Crippen LogP contribution in [0.1, 0.15) is 65.0 Å². The third-order valence-corrected chi connectivity index (χ3v) is 5.67. The highest BCUT2D eigenvalue weighted by Gasteiger charge is 2.42. The van der Waals surface area contributed by atoms with Gasteiger partial charge in [0, 0.05) is 4.75 Å². The van der Waals surface area contributed by atoms with Gasteiger partial charge in [-0.25, -0.2) is 4.79 Å². The van der Waals surface area contributed by atoms with Gasteiger partial charge in [-0.1, -0.05) is 59.1 Å². The minimum absolute atomic E-state index is 0.0993. The normalized spacial score (nSPS) is 20.7. The van der Waals surface area contributed by atoms with Gasteiger partial charge in [0.2, 0.25) is 0 Å². The van der Waals surface area contributed by atoms with E-state index >= 15 is 0 Å². The minimum atomic E-state index is -0.198. The number of unbranched alkanes of at least 4 members (excludes halogenated alkanes) is 2. The molecule has 1 amide bonds. The summed E-state index contributed by atoms with van der Waals surface area (Å²) in [5.74, 6) is 1.49. The Morgan fingerprint density at radius 3 is 2.44 bits per heavy atom. The summed E-state index contributed by atoms with van der Waals surface area (Å²) in [7, 11) is 1.66. The smallest absolute Gasteiger partial charge is 0.411 e. The van der Waals surface area contributed by atoms with Crippen molar-refractivity contribution >= 4 is 17.9 Å². The topological polar surface area (TPSA) is 38.8 Å². The summed E-state index contributed by atoms with van der Waals surface area (Å²) in [6.07, 6.45) is 4.04. The van der Waals surface area contributed by atoms with Crippen molar-refractivity contribution in [3.8, 4) is 5.75 Å². The molecule has 0 aromatic heterocycles. The van der Waals surface area contributed by atoms with E-state index in [-0.39, 0.29) is 23.0 Å². The summed E-state index contributed by atoms with van der Waals surface area (Å²) in [4.78, 5) is 14.4. The monoisotopic (exact) mass is 365 g/mol. The van der Waals surface area contributed by atoms with Gasteiger partial charge >= 0.3 is 6.09 Å². The molecule has 1 aliphatic rings. The number of ether oxygens (including phenoxy) is 2. The van der Waals surface area contributed by atoms with Crippen molar-refractivity contribution in [2.24, 2.45) is 0 Å². The summed E-state index contributed by atoms with van der Waals surface area (Å²) in [5.41, 5.74) is 1.04. The van der Waals surface area contributed by atoms with Gasteiger partial charge in [-0.05, 0) is 24.1 Å². The number of rotatable bonds is 8. The number of nitrogens with zero attached hydrogens (tertiary/aromatic N) is 1. The molecule has 1 saturated heterocycles. The van der Waals surface area contributed by atoms with Crippen molar-refractivity contribution in [1.82, 2.24) is 4.90 Å². The number of hydrogen-bond acceptors (Lipinski definition) is 4. The van der Waals surface area contributed by atoms with Crippen LogP contribution < -0.4 is 4.74 Å². The highest BCUT2D eigenvalue weighted by atomic mass is 32.2. The largest absolute Gasteiger partial charge is 0.497 e. The minimum Gasteiger partial charge on any atom is -0.497 e. The molecule has 4 nitrogen and oxygen atoms in total. The SMILES string of the molecule is CCCCC[C@H]1[C@@H](c2ccc(OC)cc2)OC(=O)N1CSC(C)(C)C. The van der Waals surface area contributed by atoms with E-state index in [1.165, 1.54) is 12.8 Å². The second-order valence-corrected chi connectivity index (χ2v) is 9.27. The van der Waals surface area contributed by atoms with E-state index < -0.39 is 0 Å². The fourth-order valence-electron chi connectivity index (χ4n) is 2.96. The number of benzene rings is 1. The Balaban J connectivity index is 2.16. The molecule has 2 rings (SSSR count). The molecule has 1 heterocycles. The molecule has 25 heavy (non-hydrogen) atoms. The molecule has 0 spiro atoms. The summed E-state index contributed by atoms with van der Waals surface area (Å²) in [6.45, 7) is 8.72. The maximum Gasteiger partial charge on any atom is 0.411 e. The Morgan fingerprint density at radius 2 is 1.88 bits per heavy atom. The molecule has 1 aromatic carbocycles. The second-order valence-electron chi connectivity index (χ2n) is 7.50. The molecular formula is C20H31NO3S. The van der Waals surface area contributed by atoms with Crippen molar-refractivity contribution in [1.29, 1.82) is 0 Å². The maximum absolute atomic E-state index is 12.5. The van der Waals surface area contributed by atoms with Gasteiger partial charge in [-0.3, -0.25) is 4.90 Å². The lowest BCUT2D eigenvalue weighted by Gasteiger charge is -2.27. The molecule has 140 valence electrons. The Hall–Kier alpha value is -1.36. The fraction of sp³-hybridized carbons (Fsp3) is 0.650. The van der Waals surface area contributed by atoms with Crippen molar-refractivity contribution in [3.63, 3.8) is 0 Å². The zero-order valence-electron chi connectivity index (χ0n) is 16.1.